The average molecular weight is 330 g/mol. The molecule has 1 amide bonds. The van der Waals surface area contributed by atoms with E-state index in [0.717, 1.165) is 20.0 Å². The van der Waals surface area contributed by atoms with Crippen LogP contribution in [0.25, 0.3) is 10.2 Å². The molecule has 1 fully saturated rings. The highest BCUT2D eigenvalue weighted by molar-refractivity contribution is 7.16. The van der Waals surface area contributed by atoms with E-state index in [0.29, 0.717) is 10.8 Å². The van der Waals surface area contributed by atoms with Gasteiger partial charge in [-0.3, -0.25) is 4.79 Å². The second-order valence-electron chi connectivity index (χ2n) is 5.30. The van der Waals surface area contributed by atoms with Crippen molar-refractivity contribution in [3.63, 3.8) is 0 Å². The molecule has 1 aliphatic rings. The first-order valence-electron chi connectivity index (χ1n) is 7.07. The molecule has 112 valence electrons. The first-order chi connectivity index (χ1) is 10.7. The van der Waals surface area contributed by atoms with Gasteiger partial charge in [0.05, 0.1) is 21.4 Å². The summed E-state index contributed by atoms with van der Waals surface area (Å²) in [4.78, 5) is 17.9. The van der Waals surface area contributed by atoms with E-state index in [2.05, 4.69) is 15.5 Å². The number of carbonyl (C=O) groups is 1. The molecule has 0 unspecified atom stereocenters. The van der Waals surface area contributed by atoms with Gasteiger partial charge in [-0.2, -0.15) is 0 Å². The molecule has 2 aromatic heterocycles. The summed E-state index contributed by atoms with van der Waals surface area (Å²) in [6, 6.07) is 8.08. The molecule has 22 heavy (non-hydrogen) atoms. The lowest BCUT2D eigenvalue weighted by atomic mass is 10.3. The van der Waals surface area contributed by atoms with Crippen LogP contribution in [0.3, 0.4) is 0 Å². The second kappa shape index (κ2) is 5.33. The van der Waals surface area contributed by atoms with Crippen LogP contribution in [0.15, 0.2) is 35.6 Å². The van der Waals surface area contributed by atoms with Crippen molar-refractivity contribution in [2.45, 2.75) is 18.8 Å². The maximum Gasteiger partial charge on any atom is 0.283 e. The van der Waals surface area contributed by atoms with Gasteiger partial charge in [0.15, 0.2) is 0 Å². The van der Waals surface area contributed by atoms with Crippen LogP contribution in [0.4, 0.5) is 0 Å². The lowest BCUT2D eigenvalue weighted by Crippen LogP contribution is -2.22. The van der Waals surface area contributed by atoms with Gasteiger partial charge in [0.25, 0.3) is 5.91 Å². The number of nitrogens with one attached hydrogen (secondary N) is 1. The van der Waals surface area contributed by atoms with Crippen molar-refractivity contribution in [2.24, 2.45) is 12.1 Å². The molecule has 0 radical (unpaired) electrons. The molecule has 1 N–H and O–H groups in total. The lowest BCUT2D eigenvalue weighted by Gasteiger charge is -1.96. The number of hydrogen-bond acceptors (Lipinski definition) is 5. The quantitative estimate of drug-likeness (QED) is 0.751. The molecule has 2 heterocycles. The number of carbonyl (C=O) groups excluding carboxylic acids is 1. The zero-order valence-electron chi connectivity index (χ0n) is 11.9. The Labute approximate surface area is 134 Å². The van der Waals surface area contributed by atoms with Crippen molar-refractivity contribution in [2.75, 3.05) is 0 Å². The standard InChI is InChI=1S/C15H14N4OS2/c1-19-10-4-2-3-5-11(10)22-15(19)18-17-13(20)12-8-16-14(21-12)9-6-7-9/h2-5,8-9H,6-7H2,1H3,(H,17,20)/b18-15-. The molecular weight excluding hydrogens is 316 g/mol. The predicted octanol–water partition coefficient (Wildman–Crippen LogP) is 2.82. The predicted molar refractivity (Wildman–Crippen MR) is 87.9 cm³/mol. The van der Waals surface area contributed by atoms with Crippen molar-refractivity contribution in [3.8, 4) is 0 Å². The van der Waals surface area contributed by atoms with Crippen molar-refractivity contribution in [1.82, 2.24) is 15.0 Å². The number of thiazole rings is 2. The van der Waals surface area contributed by atoms with Gasteiger partial charge < -0.3 is 4.57 Å². The molecule has 0 aliphatic heterocycles. The van der Waals surface area contributed by atoms with E-state index >= 15 is 0 Å². The molecule has 0 spiro atoms. The van der Waals surface area contributed by atoms with Crippen molar-refractivity contribution >= 4 is 38.8 Å². The van der Waals surface area contributed by atoms with Crippen LogP contribution in [-0.2, 0) is 7.05 Å². The van der Waals surface area contributed by atoms with E-state index in [1.807, 2.05) is 35.9 Å². The number of aryl methyl sites for hydroxylation is 1. The Bertz CT molecular complexity index is 917. The van der Waals surface area contributed by atoms with Crippen LogP contribution in [0.5, 0.6) is 0 Å². The Morgan fingerprint density at radius 2 is 2.18 bits per heavy atom. The number of fused-ring (bicyclic) bond motifs is 1. The van der Waals surface area contributed by atoms with Crippen molar-refractivity contribution < 1.29 is 4.79 Å². The minimum Gasteiger partial charge on any atom is -0.318 e. The van der Waals surface area contributed by atoms with Crippen LogP contribution in [0.2, 0.25) is 0 Å². The van der Waals surface area contributed by atoms with E-state index in [4.69, 9.17) is 0 Å². The third-order valence-electron chi connectivity index (χ3n) is 3.64. The number of amides is 1. The fourth-order valence-corrected chi connectivity index (χ4v) is 4.21. The van der Waals surface area contributed by atoms with Gasteiger partial charge in [-0.05, 0) is 25.0 Å². The molecule has 3 aromatic rings. The van der Waals surface area contributed by atoms with Gasteiger partial charge in [-0.1, -0.05) is 23.5 Å². The Morgan fingerprint density at radius 3 is 2.95 bits per heavy atom. The third kappa shape index (κ3) is 2.46. The fraction of sp³-hybridized carbons (Fsp3) is 0.267. The van der Waals surface area contributed by atoms with E-state index in [-0.39, 0.29) is 5.91 Å². The van der Waals surface area contributed by atoms with Gasteiger partial charge in [0.2, 0.25) is 4.80 Å². The van der Waals surface area contributed by atoms with Crippen LogP contribution >= 0.6 is 22.7 Å². The normalized spacial score (nSPS) is 15.4. The summed E-state index contributed by atoms with van der Waals surface area (Å²) in [6.45, 7) is 0. The summed E-state index contributed by atoms with van der Waals surface area (Å²) in [7, 11) is 1.95. The van der Waals surface area contributed by atoms with Gasteiger partial charge in [0.1, 0.15) is 4.88 Å². The third-order valence-corrected chi connectivity index (χ3v) is 5.91. The number of aromatic nitrogens is 2. The molecular formula is C15H14N4OS2. The minimum absolute atomic E-state index is 0.193. The molecule has 0 saturated heterocycles. The topological polar surface area (TPSA) is 59.3 Å². The highest BCUT2D eigenvalue weighted by Gasteiger charge is 2.27. The SMILES string of the molecule is Cn1/c(=N/NC(=O)c2cnc(C3CC3)s2)sc2ccccc21. The highest BCUT2D eigenvalue weighted by atomic mass is 32.1. The summed E-state index contributed by atoms with van der Waals surface area (Å²) in [6.07, 6.45) is 4.03. The monoisotopic (exact) mass is 330 g/mol. The summed E-state index contributed by atoms with van der Waals surface area (Å²) < 4.78 is 3.12. The summed E-state index contributed by atoms with van der Waals surface area (Å²) in [5, 5.41) is 5.32. The first-order valence-corrected chi connectivity index (χ1v) is 8.70. The number of hydrogen-bond donors (Lipinski definition) is 1. The number of para-hydroxylation sites is 1. The molecule has 5 nitrogen and oxygen atoms in total. The van der Waals surface area contributed by atoms with Gasteiger partial charge in [-0.15, -0.1) is 16.4 Å². The smallest absolute Gasteiger partial charge is 0.283 e. The van der Waals surface area contributed by atoms with Crippen molar-refractivity contribution in [3.05, 3.63) is 45.1 Å². The maximum atomic E-state index is 12.2. The Morgan fingerprint density at radius 1 is 1.36 bits per heavy atom. The van der Waals surface area contributed by atoms with Gasteiger partial charge in [-0.25, -0.2) is 10.4 Å². The van der Waals surface area contributed by atoms with Crippen molar-refractivity contribution in [1.29, 1.82) is 0 Å². The molecule has 1 saturated carbocycles. The number of nitrogens with zero attached hydrogens (tertiary/aromatic N) is 3. The van der Waals surface area contributed by atoms with Crippen LogP contribution in [0, 0.1) is 0 Å². The maximum absolute atomic E-state index is 12.2. The molecule has 0 bridgehead atoms. The second-order valence-corrected chi connectivity index (χ2v) is 7.37. The van der Waals surface area contributed by atoms with Crippen LogP contribution < -0.4 is 10.2 Å². The molecule has 0 atom stereocenters. The highest BCUT2D eigenvalue weighted by Crippen LogP contribution is 2.41. The zero-order chi connectivity index (χ0) is 15.1. The first kappa shape index (κ1) is 13.7. The van der Waals surface area contributed by atoms with Gasteiger partial charge in [0, 0.05) is 13.0 Å². The van der Waals surface area contributed by atoms with E-state index in [1.54, 1.807) is 17.5 Å². The summed E-state index contributed by atoms with van der Waals surface area (Å²) >= 11 is 3.02. The largest absolute Gasteiger partial charge is 0.318 e. The number of rotatable bonds is 3. The zero-order valence-corrected chi connectivity index (χ0v) is 13.6. The number of benzene rings is 1. The van der Waals surface area contributed by atoms with Crippen LogP contribution in [0.1, 0.15) is 33.4 Å². The molecule has 4 rings (SSSR count). The van der Waals surface area contributed by atoms with E-state index < -0.39 is 0 Å². The molecule has 1 aromatic carbocycles. The van der Waals surface area contributed by atoms with E-state index in [1.165, 1.54) is 24.2 Å². The van der Waals surface area contributed by atoms with Crippen LogP contribution in [-0.4, -0.2) is 15.5 Å². The minimum atomic E-state index is -0.193. The molecule has 7 heteroatoms. The average Bonchev–Trinajstić information content (AvgIpc) is 3.18. The summed E-state index contributed by atoms with van der Waals surface area (Å²) in [5.74, 6) is 0.380. The Balaban J connectivity index is 1.58. The van der Waals surface area contributed by atoms with E-state index in [9.17, 15) is 4.79 Å². The Kier molecular flexibility index (Phi) is 3.31. The summed E-state index contributed by atoms with van der Waals surface area (Å²) in [5.41, 5.74) is 3.74. The lowest BCUT2D eigenvalue weighted by molar-refractivity contribution is 0.0957. The molecule has 1 aliphatic carbocycles. The van der Waals surface area contributed by atoms with Gasteiger partial charge >= 0.3 is 0 Å². The Hall–Kier alpha value is -1.99. The fourth-order valence-electron chi connectivity index (χ4n) is 2.25.